The molecule has 278 valence electrons. The highest BCUT2D eigenvalue weighted by molar-refractivity contribution is 7.81. The molecule has 43 heavy (non-hydrogen) atoms. The summed E-state index contributed by atoms with van der Waals surface area (Å²) in [7, 11) is -16.5. The van der Waals surface area contributed by atoms with Gasteiger partial charge in [-0.25, -0.2) is 0 Å². The van der Waals surface area contributed by atoms with Crippen LogP contribution in [0.3, 0.4) is 0 Å². The molecule has 20 N–H and O–H groups in total. The Bertz CT molecular complexity index is 826. The molecule has 0 rings (SSSR count). The summed E-state index contributed by atoms with van der Waals surface area (Å²) in [6.07, 6.45) is 0. The topological polar surface area (TPSA) is 493 Å². The van der Waals surface area contributed by atoms with Crippen LogP contribution < -0.4 is 30.8 Å². The summed E-state index contributed by atoms with van der Waals surface area (Å²) in [5, 5.41) is 0. The van der Waals surface area contributed by atoms with Gasteiger partial charge in [0.2, 0.25) is 0 Å². The van der Waals surface area contributed by atoms with Crippen LogP contribution >= 0.6 is 0 Å². The molecule has 0 amide bonds. The predicted molar refractivity (Wildman–Crippen MR) is 163 cm³/mol. The van der Waals surface area contributed by atoms with Crippen LogP contribution in [0, 0.1) is 0 Å². The van der Waals surface area contributed by atoms with E-state index in [1.54, 1.807) is 0 Å². The Morgan fingerprint density at radius 1 is 0.302 bits per heavy atom. The fraction of sp³-hybridized carbons (Fsp3) is 0.385. The zero-order valence-electron chi connectivity index (χ0n) is 24.6. The van der Waals surface area contributed by atoms with E-state index in [1.807, 2.05) is 0 Å². The van der Waals surface area contributed by atoms with E-state index in [1.165, 1.54) is 0 Å². The standard InChI is InChI=1S/4C2H4.5CH4O4S.5H3N/c4*1-2;5*1-5-6(2,3)4;;;;;/h4*1-2H2;5*1H3,(H,2,3,4);5*1H3. The summed E-state index contributed by atoms with van der Waals surface area (Å²) in [5.41, 5.74) is 0. The molecule has 0 bridgehead atoms. The zero-order chi connectivity index (χ0) is 34.0. The van der Waals surface area contributed by atoms with Gasteiger partial charge in [0, 0.05) is 0 Å². The number of rotatable bonds is 5. The van der Waals surface area contributed by atoms with Crippen LogP contribution in [-0.2, 0) is 72.9 Å². The van der Waals surface area contributed by atoms with E-state index in [4.69, 9.17) is 22.8 Å². The van der Waals surface area contributed by atoms with Crippen molar-refractivity contribution in [1.82, 2.24) is 30.8 Å². The van der Waals surface area contributed by atoms with E-state index in [0.717, 1.165) is 35.5 Å². The molecule has 0 heterocycles. The second kappa shape index (κ2) is 56.0. The first kappa shape index (κ1) is 90.0. The molecule has 0 unspecified atom stereocenters. The van der Waals surface area contributed by atoms with Crippen molar-refractivity contribution >= 4 is 52.0 Å². The average molecular weight is 758 g/mol. The largest absolute Gasteiger partial charge is 0.397 e. The lowest BCUT2D eigenvalue weighted by Crippen LogP contribution is -1.96. The molecule has 0 aromatic carbocycles. The number of hydrogen-bond donors (Lipinski definition) is 10. The first-order valence-corrected chi connectivity index (χ1v) is 14.3. The van der Waals surface area contributed by atoms with Crippen molar-refractivity contribution in [2.45, 2.75) is 0 Å². The van der Waals surface area contributed by atoms with Gasteiger partial charge in [0.15, 0.2) is 0 Å². The summed E-state index contributed by atoms with van der Waals surface area (Å²) >= 11 is 0. The Morgan fingerprint density at radius 3 is 0.326 bits per heavy atom. The lowest BCUT2D eigenvalue weighted by Gasteiger charge is -1.82. The van der Waals surface area contributed by atoms with Gasteiger partial charge >= 0.3 is 52.0 Å². The Kier molecular flexibility index (Phi) is 117. The van der Waals surface area contributed by atoms with Crippen molar-refractivity contribution in [2.75, 3.05) is 35.5 Å². The summed E-state index contributed by atoms with van der Waals surface area (Å²) in [6.45, 7) is 24.0. The lowest BCUT2D eigenvalue weighted by atomic mass is 11.3. The van der Waals surface area contributed by atoms with E-state index in [0.29, 0.717) is 0 Å². The van der Waals surface area contributed by atoms with Crippen LogP contribution in [0.4, 0.5) is 0 Å². The minimum absolute atomic E-state index is 0. The van der Waals surface area contributed by atoms with E-state index >= 15 is 0 Å². The van der Waals surface area contributed by atoms with E-state index < -0.39 is 52.0 Å². The molecular formula is C13H51N5O20S5. The third-order valence-electron chi connectivity index (χ3n) is 1.05. The van der Waals surface area contributed by atoms with Crippen molar-refractivity contribution < 1.29 is 85.8 Å². The minimum atomic E-state index is -4.16. The molecule has 0 aliphatic carbocycles. The molecule has 0 saturated heterocycles. The van der Waals surface area contributed by atoms with Crippen LogP contribution in [0.5, 0.6) is 0 Å². The lowest BCUT2D eigenvalue weighted by molar-refractivity contribution is 0.323. The first-order chi connectivity index (χ1) is 16.8. The van der Waals surface area contributed by atoms with Crippen LogP contribution in [0.2, 0.25) is 0 Å². The van der Waals surface area contributed by atoms with Gasteiger partial charge in [-0.1, -0.05) is 0 Å². The van der Waals surface area contributed by atoms with Crippen LogP contribution in [0.25, 0.3) is 0 Å². The van der Waals surface area contributed by atoms with Crippen LogP contribution in [-0.4, -0.2) is 100 Å². The Morgan fingerprint density at radius 2 is 0.326 bits per heavy atom. The van der Waals surface area contributed by atoms with E-state index in [9.17, 15) is 42.1 Å². The molecule has 0 atom stereocenters. The average Bonchev–Trinajstić information content (AvgIpc) is 2.83. The highest BCUT2D eigenvalue weighted by Crippen LogP contribution is 1.76. The Labute approximate surface area is 256 Å². The molecular weight excluding hydrogens is 706 g/mol. The van der Waals surface area contributed by atoms with Crippen molar-refractivity contribution in [3.05, 3.63) is 52.6 Å². The van der Waals surface area contributed by atoms with Crippen LogP contribution in [0.15, 0.2) is 52.6 Å². The summed E-state index contributed by atoms with van der Waals surface area (Å²) in [6, 6.07) is 0. The van der Waals surface area contributed by atoms with Gasteiger partial charge in [0.25, 0.3) is 0 Å². The summed E-state index contributed by atoms with van der Waals surface area (Å²) in [4.78, 5) is 0. The second-order valence-corrected chi connectivity index (χ2v) is 8.92. The smallest absolute Gasteiger partial charge is 0.344 e. The van der Waals surface area contributed by atoms with Gasteiger partial charge in [0.05, 0.1) is 35.5 Å². The molecule has 0 radical (unpaired) electrons. The molecule has 0 aliphatic rings. The minimum Gasteiger partial charge on any atom is -0.344 e. The zero-order valence-corrected chi connectivity index (χ0v) is 28.7. The predicted octanol–water partition coefficient (Wildman–Crippen LogP) is 1.20. The Hall–Kier alpha value is -1.89. The molecule has 30 heteroatoms. The van der Waals surface area contributed by atoms with Gasteiger partial charge in [-0.05, 0) is 0 Å². The summed E-state index contributed by atoms with van der Waals surface area (Å²) < 4.78 is 149. The molecule has 25 nitrogen and oxygen atoms in total. The first-order valence-electron chi connectivity index (χ1n) is 7.45. The highest BCUT2D eigenvalue weighted by atomic mass is 32.3. The molecule has 0 saturated carbocycles. The fourth-order valence-corrected chi connectivity index (χ4v) is 0. The molecule has 0 aliphatic heterocycles. The van der Waals surface area contributed by atoms with Crippen molar-refractivity contribution in [2.24, 2.45) is 0 Å². The van der Waals surface area contributed by atoms with Gasteiger partial charge in [-0.3, -0.25) is 43.7 Å². The maximum Gasteiger partial charge on any atom is 0.397 e. The highest BCUT2D eigenvalue weighted by Gasteiger charge is 1.95. The van der Waals surface area contributed by atoms with Crippen molar-refractivity contribution in [3.8, 4) is 0 Å². The van der Waals surface area contributed by atoms with Gasteiger partial charge in [-0.15, -0.1) is 52.6 Å². The summed E-state index contributed by atoms with van der Waals surface area (Å²) in [5.74, 6) is 0. The maximum atomic E-state index is 9.33. The Balaban J connectivity index is -0.0000000187. The molecule has 0 aromatic rings. The van der Waals surface area contributed by atoms with E-state index in [2.05, 4.69) is 73.5 Å². The normalized spacial score (nSPS) is 8.51. The molecule has 0 aromatic heterocycles. The molecule has 0 spiro atoms. The quantitative estimate of drug-likeness (QED) is 0.139. The van der Waals surface area contributed by atoms with Crippen molar-refractivity contribution in [1.29, 1.82) is 0 Å². The molecule has 0 fully saturated rings. The van der Waals surface area contributed by atoms with Gasteiger partial charge < -0.3 is 30.8 Å². The fourth-order valence-electron chi connectivity index (χ4n) is 0. The maximum absolute atomic E-state index is 9.33. The van der Waals surface area contributed by atoms with Crippen molar-refractivity contribution in [3.63, 3.8) is 0 Å². The van der Waals surface area contributed by atoms with Gasteiger partial charge in [0.1, 0.15) is 0 Å². The second-order valence-electron chi connectivity index (χ2n) is 2.97. The van der Waals surface area contributed by atoms with Gasteiger partial charge in [-0.2, -0.15) is 42.1 Å². The van der Waals surface area contributed by atoms with Crippen LogP contribution in [0.1, 0.15) is 0 Å². The third kappa shape index (κ3) is 339. The monoisotopic (exact) mass is 757 g/mol. The number of hydrogen-bond acceptors (Lipinski definition) is 20. The third-order valence-corrected chi connectivity index (χ3v) is 3.16. The SMILES string of the molecule is C=C.C=C.C=C.C=C.COS(=O)(=O)O.COS(=O)(=O)O.COS(=O)(=O)O.COS(=O)(=O)O.COS(=O)(=O)O.N.N.N.N.N. The van der Waals surface area contributed by atoms with E-state index in [-0.39, 0.29) is 30.8 Å².